The molecule has 1 fully saturated rings. The van der Waals surface area contributed by atoms with Gasteiger partial charge in [-0.15, -0.1) is 0 Å². The van der Waals surface area contributed by atoms with Crippen molar-refractivity contribution in [2.24, 2.45) is 11.8 Å². The van der Waals surface area contributed by atoms with Crippen molar-refractivity contribution < 1.29 is 46.9 Å². The Morgan fingerprint density at radius 2 is 1.62 bits per heavy atom. The van der Waals surface area contributed by atoms with Gasteiger partial charge in [0, 0.05) is 18.6 Å². The molecule has 2 aromatic heterocycles. The number of nitriles is 1. The number of para-hydroxylation sites is 1. The van der Waals surface area contributed by atoms with Gasteiger partial charge in [-0.05, 0) is 58.9 Å². The van der Waals surface area contributed by atoms with Crippen molar-refractivity contribution in [1.29, 1.82) is 5.26 Å². The summed E-state index contributed by atoms with van der Waals surface area (Å²) >= 11 is 0. The summed E-state index contributed by atoms with van der Waals surface area (Å²) < 4.78 is 51.6. The summed E-state index contributed by atoms with van der Waals surface area (Å²) in [6, 6.07) is 12.5. The number of aromatic nitrogens is 3. The standard InChI is InChI=1S/C37H52N7O10P/c1-22(2)34(45)51-31-30(28-15-16-29-33(39)40-21-41-44(28)29)53-37(19-38,32(31)52-35(46)23(3)4)20-50-55(48,54-27-13-11-10-12-14-27)42-26(9)36(47)49-18-17-43(24(5)6)25(7)8/h10-16,21-26,30-32H,17-18,20H2,1-9H3,(H,42,48)(H2,39,40,41)/t26?,30-,31-,32-,37+,55?/m0/s1. The summed E-state index contributed by atoms with van der Waals surface area (Å²) in [5, 5.41) is 17.8. The number of fused-ring (bicyclic) bond motifs is 1. The molecule has 1 aliphatic rings. The Balaban J connectivity index is 1.71. The first kappa shape index (κ1) is 43.1. The fraction of sp³-hybridized carbons (Fsp3) is 0.568. The molecule has 3 N–H and O–H groups in total. The quantitative estimate of drug-likeness (QED) is 0.102. The first-order valence-electron chi connectivity index (χ1n) is 18.2. The molecule has 55 heavy (non-hydrogen) atoms. The Labute approximate surface area is 321 Å². The summed E-state index contributed by atoms with van der Waals surface area (Å²) in [6.07, 6.45) is -3.13. The fourth-order valence-corrected chi connectivity index (χ4v) is 7.45. The maximum Gasteiger partial charge on any atom is 0.459 e. The van der Waals surface area contributed by atoms with Gasteiger partial charge >= 0.3 is 25.7 Å². The third kappa shape index (κ3) is 10.4. The van der Waals surface area contributed by atoms with E-state index in [2.05, 4.69) is 20.1 Å². The van der Waals surface area contributed by atoms with Crippen LogP contribution in [0.4, 0.5) is 5.82 Å². The van der Waals surface area contributed by atoms with Crippen molar-refractivity contribution in [3.8, 4) is 11.8 Å². The maximum absolute atomic E-state index is 14.6. The molecule has 4 rings (SSSR count). The second-order valence-corrected chi connectivity index (χ2v) is 16.1. The molecular weight excluding hydrogens is 733 g/mol. The summed E-state index contributed by atoms with van der Waals surface area (Å²) in [7, 11) is -4.59. The van der Waals surface area contributed by atoms with E-state index < -0.39 is 74.1 Å². The Morgan fingerprint density at radius 3 is 2.22 bits per heavy atom. The van der Waals surface area contributed by atoms with E-state index in [1.54, 1.807) is 58.0 Å². The monoisotopic (exact) mass is 785 g/mol. The predicted octanol–water partition coefficient (Wildman–Crippen LogP) is 4.62. The summed E-state index contributed by atoms with van der Waals surface area (Å²) in [4.78, 5) is 45.7. The van der Waals surface area contributed by atoms with Crippen LogP contribution in [0.3, 0.4) is 0 Å². The summed E-state index contributed by atoms with van der Waals surface area (Å²) in [5.74, 6) is -3.19. The molecule has 0 saturated carbocycles. The van der Waals surface area contributed by atoms with Crippen LogP contribution in [-0.4, -0.2) is 93.1 Å². The van der Waals surface area contributed by atoms with Crippen LogP contribution in [0, 0.1) is 23.2 Å². The Morgan fingerprint density at radius 1 is 0.982 bits per heavy atom. The molecule has 18 heteroatoms. The number of carbonyl (C=O) groups is 3. The van der Waals surface area contributed by atoms with Gasteiger partial charge in [0.2, 0.25) is 5.60 Å². The molecule has 3 heterocycles. The lowest BCUT2D eigenvalue weighted by Crippen LogP contribution is -2.50. The molecule has 300 valence electrons. The van der Waals surface area contributed by atoms with Crippen molar-refractivity contribution in [3.63, 3.8) is 0 Å². The lowest BCUT2D eigenvalue weighted by atomic mass is 9.95. The van der Waals surface area contributed by atoms with Crippen molar-refractivity contribution in [2.45, 2.75) is 104 Å². The molecule has 1 aliphatic heterocycles. The number of anilines is 1. The molecule has 0 bridgehead atoms. The van der Waals surface area contributed by atoms with Crippen molar-refractivity contribution >= 4 is 37.0 Å². The van der Waals surface area contributed by atoms with Gasteiger partial charge in [-0.1, -0.05) is 45.9 Å². The topological polar surface area (TPSA) is 219 Å². The number of esters is 3. The van der Waals surface area contributed by atoms with Gasteiger partial charge in [0.25, 0.3) is 0 Å². The highest BCUT2D eigenvalue weighted by Crippen LogP contribution is 2.50. The van der Waals surface area contributed by atoms with Crippen LogP contribution >= 0.6 is 7.75 Å². The first-order chi connectivity index (χ1) is 25.9. The number of hydrogen-bond donors (Lipinski definition) is 2. The van der Waals surface area contributed by atoms with E-state index in [0.717, 1.165) is 0 Å². The van der Waals surface area contributed by atoms with E-state index >= 15 is 0 Å². The molecule has 1 saturated heterocycles. The maximum atomic E-state index is 14.6. The second-order valence-electron chi connectivity index (χ2n) is 14.4. The third-order valence-electron chi connectivity index (χ3n) is 8.87. The average molecular weight is 786 g/mol. The van der Waals surface area contributed by atoms with E-state index in [1.165, 1.54) is 29.9 Å². The number of nitrogens with one attached hydrogen (secondary N) is 1. The normalized spacial score (nSPS) is 21.5. The van der Waals surface area contributed by atoms with Crippen LogP contribution in [0.25, 0.3) is 5.52 Å². The van der Waals surface area contributed by atoms with Crippen molar-refractivity contribution in [2.75, 3.05) is 25.5 Å². The van der Waals surface area contributed by atoms with Gasteiger partial charge in [0.1, 0.15) is 49.0 Å². The minimum absolute atomic E-state index is 0.0725. The van der Waals surface area contributed by atoms with Crippen LogP contribution in [0.2, 0.25) is 0 Å². The number of rotatable bonds is 18. The van der Waals surface area contributed by atoms with Crippen molar-refractivity contribution in [1.82, 2.24) is 24.6 Å². The minimum atomic E-state index is -4.59. The SMILES string of the molecule is CC(C)C(=O)O[C@H]1[C@H](c2ccc3c(N)ncnn23)O[C@](C#N)(COP(=O)(NC(C)C(=O)OCCN(C(C)C)C(C)C)Oc2ccccc2)[C@H]1OC(=O)C(C)C. The number of nitrogens with zero attached hydrogens (tertiary/aromatic N) is 5. The van der Waals surface area contributed by atoms with Gasteiger partial charge in [-0.25, -0.2) is 14.1 Å². The molecule has 3 aromatic rings. The van der Waals surface area contributed by atoms with Gasteiger partial charge in [-0.3, -0.25) is 23.8 Å². The van der Waals surface area contributed by atoms with E-state index in [-0.39, 0.29) is 36.0 Å². The highest BCUT2D eigenvalue weighted by atomic mass is 31.2. The van der Waals surface area contributed by atoms with Crippen LogP contribution < -0.4 is 15.3 Å². The summed E-state index contributed by atoms with van der Waals surface area (Å²) in [5.41, 5.74) is 4.49. The number of benzene rings is 1. The van der Waals surface area contributed by atoms with E-state index in [1.807, 2.05) is 33.8 Å². The van der Waals surface area contributed by atoms with E-state index in [9.17, 15) is 24.2 Å². The molecular formula is C37H52N7O10P. The van der Waals surface area contributed by atoms with Crippen LogP contribution in [-0.2, 0) is 42.4 Å². The second kappa shape index (κ2) is 18.4. The lowest BCUT2D eigenvalue weighted by molar-refractivity contribution is -0.173. The smallest absolute Gasteiger partial charge is 0.459 e. The Hall–Kier alpha value is -4.59. The highest BCUT2D eigenvalue weighted by Gasteiger charge is 2.62. The number of carbonyl (C=O) groups excluding carboxylic acids is 3. The van der Waals surface area contributed by atoms with E-state index in [4.69, 9.17) is 33.7 Å². The fourth-order valence-electron chi connectivity index (χ4n) is 5.93. The van der Waals surface area contributed by atoms with Crippen LogP contribution in [0.5, 0.6) is 5.75 Å². The number of ether oxygens (including phenoxy) is 4. The Kier molecular flexibility index (Phi) is 14.4. The van der Waals surface area contributed by atoms with Gasteiger partial charge in [-0.2, -0.15) is 15.4 Å². The molecule has 0 amide bonds. The van der Waals surface area contributed by atoms with Gasteiger partial charge < -0.3 is 29.2 Å². The van der Waals surface area contributed by atoms with Crippen LogP contribution in [0.15, 0.2) is 48.8 Å². The average Bonchev–Trinajstić information content (AvgIpc) is 3.69. The molecule has 2 unspecified atom stereocenters. The summed E-state index contributed by atoms with van der Waals surface area (Å²) in [6.45, 7) is 15.7. The molecule has 0 spiro atoms. The molecule has 0 radical (unpaired) electrons. The zero-order chi connectivity index (χ0) is 40.7. The number of nitrogens with two attached hydrogens (primary N) is 1. The van der Waals surface area contributed by atoms with Crippen molar-refractivity contribution in [3.05, 3.63) is 54.5 Å². The Bertz CT molecular complexity index is 1870. The minimum Gasteiger partial charge on any atom is -0.463 e. The van der Waals surface area contributed by atoms with Gasteiger partial charge in [0.05, 0.1) is 17.5 Å². The zero-order valence-electron chi connectivity index (χ0n) is 32.7. The zero-order valence-corrected chi connectivity index (χ0v) is 33.6. The molecule has 6 atom stereocenters. The molecule has 1 aromatic carbocycles. The largest absolute Gasteiger partial charge is 0.463 e. The molecule has 0 aliphatic carbocycles. The lowest BCUT2D eigenvalue weighted by Gasteiger charge is -2.31. The van der Waals surface area contributed by atoms with E-state index in [0.29, 0.717) is 12.1 Å². The number of hydrogen-bond acceptors (Lipinski definition) is 15. The first-order valence-corrected chi connectivity index (χ1v) is 19.7. The highest BCUT2D eigenvalue weighted by molar-refractivity contribution is 7.52. The van der Waals surface area contributed by atoms with Gasteiger partial charge in [0.15, 0.2) is 18.0 Å². The molecule has 17 nitrogen and oxygen atoms in total. The third-order valence-corrected chi connectivity index (χ3v) is 10.5. The van der Waals surface area contributed by atoms with Crippen LogP contribution in [0.1, 0.15) is 74.1 Å². The number of nitrogen functional groups attached to an aromatic ring is 1. The predicted molar refractivity (Wildman–Crippen MR) is 200 cm³/mol.